The van der Waals surface area contributed by atoms with E-state index in [2.05, 4.69) is 15.4 Å². The monoisotopic (exact) mass is 534 g/mol. The quantitative estimate of drug-likeness (QED) is 0.381. The van der Waals surface area contributed by atoms with Crippen LogP contribution in [0.3, 0.4) is 0 Å². The number of nitrogens with zero attached hydrogens (tertiary/aromatic N) is 4. The molecule has 38 heavy (non-hydrogen) atoms. The van der Waals surface area contributed by atoms with E-state index in [4.69, 9.17) is 22.1 Å². The Kier molecular flexibility index (Phi) is 6.97. The molecule has 11 heteroatoms. The molecule has 1 saturated heterocycles. The highest BCUT2D eigenvalue weighted by atomic mass is 35.5. The van der Waals surface area contributed by atoms with Gasteiger partial charge in [0.25, 0.3) is 11.8 Å². The summed E-state index contributed by atoms with van der Waals surface area (Å²) in [6.07, 6.45) is 5.72. The Morgan fingerprint density at radius 1 is 1.13 bits per heavy atom. The van der Waals surface area contributed by atoms with Crippen LogP contribution in [0.1, 0.15) is 27.1 Å². The first-order valence-corrected chi connectivity index (χ1v) is 12.2. The summed E-state index contributed by atoms with van der Waals surface area (Å²) >= 11 is 6.01. The first-order valence-electron chi connectivity index (χ1n) is 11.8. The minimum atomic E-state index is -0.457. The SMILES string of the molecule is Cn1cc(-c2cnc(N)c(C(=O)N[C@@H]3CCN(C(=O)c4ccc(Oc5ccc(F)cc5Cl)cc4)C3)c2)cn1. The van der Waals surface area contributed by atoms with Crippen LogP contribution in [-0.4, -0.2) is 50.6 Å². The van der Waals surface area contributed by atoms with Gasteiger partial charge in [-0.3, -0.25) is 14.3 Å². The van der Waals surface area contributed by atoms with Crippen LogP contribution >= 0.6 is 11.6 Å². The number of amides is 2. The number of carbonyl (C=O) groups excluding carboxylic acids is 2. The number of hydrogen-bond donors (Lipinski definition) is 2. The average molecular weight is 535 g/mol. The second kappa shape index (κ2) is 10.5. The van der Waals surface area contributed by atoms with E-state index in [-0.39, 0.29) is 34.3 Å². The maximum atomic E-state index is 13.2. The number of likely N-dealkylation sites (tertiary alicyclic amines) is 1. The zero-order chi connectivity index (χ0) is 26.8. The molecule has 1 fully saturated rings. The summed E-state index contributed by atoms with van der Waals surface area (Å²) in [5.41, 5.74) is 8.29. The van der Waals surface area contributed by atoms with Crippen LogP contribution < -0.4 is 15.8 Å². The fraction of sp³-hybridized carbons (Fsp3) is 0.185. The number of halogens is 2. The van der Waals surface area contributed by atoms with Gasteiger partial charge in [-0.15, -0.1) is 0 Å². The van der Waals surface area contributed by atoms with Crippen LogP contribution in [0, 0.1) is 5.82 Å². The third-order valence-electron chi connectivity index (χ3n) is 6.24. The number of nitrogen functional groups attached to an aromatic ring is 1. The van der Waals surface area contributed by atoms with E-state index in [9.17, 15) is 14.0 Å². The Hall–Kier alpha value is -4.44. The lowest BCUT2D eigenvalue weighted by molar-refractivity contribution is 0.0783. The first kappa shape index (κ1) is 25.2. The highest BCUT2D eigenvalue weighted by Gasteiger charge is 2.29. The van der Waals surface area contributed by atoms with E-state index in [1.54, 1.807) is 59.4 Å². The van der Waals surface area contributed by atoms with Crippen molar-refractivity contribution in [2.45, 2.75) is 12.5 Å². The lowest BCUT2D eigenvalue weighted by Crippen LogP contribution is -2.38. The van der Waals surface area contributed by atoms with E-state index < -0.39 is 5.82 Å². The Bertz CT molecular complexity index is 1510. The van der Waals surface area contributed by atoms with E-state index in [0.717, 1.165) is 11.1 Å². The van der Waals surface area contributed by atoms with E-state index in [0.29, 0.717) is 36.6 Å². The molecule has 4 aromatic rings. The average Bonchev–Trinajstić information content (AvgIpc) is 3.55. The molecule has 9 nitrogen and oxygen atoms in total. The molecule has 0 radical (unpaired) electrons. The third kappa shape index (κ3) is 5.45. The molecule has 2 aromatic carbocycles. The second-order valence-electron chi connectivity index (χ2n) is 8.97. The van der Waals surface area contributed by atoms with Gasteiger partial charge in [0.15, 0.2) is 0 Å². The maximum absolute atomic E-state index is 13.2. The number of ether oxygens (including phenoxy) is 1. The predicted octanol–water partition coefficient (Wildman–Crippen LogP) is 4.29. The number of nitrogens with two attached hydrogens (primary N) is 1. The van der Waals surface area contributed by atoms with Crippen molar-refractivity contribution in [1.29, 1.82) is 0 Å². The largest absolute Gasteiger partial charge is 0.456 e. The zero-order valence-electron chi connectivity index (χ0n) is 20.4. The molecule has 0 spiro atoms. The molecule has 3 heterocycles. The number of aryl methyl sites for hydroxylation is 1. The topological polar surface area (TPSA) is 115 Å². The second-order valence-corrected chi connectivity index (χ2v) is 9.38. The Morgan fingerprint density at radius 2 is 1.92 bits per heavy atom. The van der Waals surface area contributed by atoms with Gasteiger partial charge in [0.2, 0.25) is 0 Å². The summed E-state index contributed by atoms with van der Waals surface area (Å²) < 4.78 is 20.6. The van der Waals surface area contributed by atoms with Crippen molar-refractivity contribution in [2.75, 3.05) is 18.8 Å². The van der Waals surface area contributed by atoms with Crippen molar-refractivity contribution < 1.29 is 18.7 Å². The lowest BCUT2D eigenvalue weighted by Gasteiger charge is -2.18. The van der Waals surface area contributed by atoms with Gasteiger partial charge in [0.05, 0.1) is 16.8 Å². The summed E-state index contributed by atoms with van der Waals surface area (Å²) in [7, 11) is 1.81. The van der Waals surface area contributed by atoms with Gasteiger partial charge in [0.1, 0.15) is 23.1 Å². The molecule has 1 atom stereocenters. The van der Waals surface area contributed by atoms with Crippen molar-refractivity contribution in [3.05, 3.63) is 89.1 Å². The number of aromatic nitrogens is 3. The Labute approximate surface area is 223 Å². The summed E-state index contributed by atoms with van der Waals surface area (Å²) in [4.78, 5) is 31.9. The first-order chi connectivity index (χ1) is 18.3. The number of hydrogen-bond acceptors (Lipinski definition) is 6. The van der Waals surface area contributed by atoms with Crippen LogP contribution in [0.15, 0.2) is 67.1 Å². The lowest BCUT2D eigenvalue weighted by atomic mass is 10.1. The van der Waals surface area contributed by atoms with Crippen molar-refractivity contribution >= 4 is 29.2 Å². The van der Waals surface area contributed by atoms with Gasteiger partial charge in [-0.2, -0.15) is 5.10 Å². The third-order valence-corrected chi connectivity index (χ3v) is 6.53. The number of nitrogens with one attached hydrogen (secondary N) is 1. The number of carbonyl (C=O) groups is 2. The number of pyridine rings is 1. The smallest absolute Gasteiger partial charge is 0.255 e. The fourth-order valence-corrected chi connectivity index (χ4v) is 4.45. The van der Waals surface area contributed by atoms with Gasteiger partial charge >= 0.3 is 0 Å². The normalized spacial score (nSPS) is 14.9. The molecule has 1 aliphatic rings. The Morgan fingerprint density at radius 3 is 2.63 bits per heavy atom. The van der Waals surface area contributed by atoms with Crippen molar-refractivity contribution in [3.8, 4) is 22.6 Å². The summed E-state index contributed by atoms with van der Waals surface area (Å²) in [6.45, 7) is 0.861. The molecule has 2 amide bonds. The molecule has 2 aromatic heterocycles. The molecule has 0 bridgehead atoms. The van der Waals surface area contributed by atoms with Gasteiger partial charge in [0, 0.05) is 55.3 Å². The summed E-state index contributed by atoms with van der Waals surface area (Å²) in [5.74, 6) is -0.0608. The highest BCUT2D eigenvalue weighted by Crippen LogP contribution is 2.30. The van der Waals surface area contributed by atoms with E-state index in [1.807, 2.05) is 6.20 Å². The van der Waals surface area contributed by atoms with Crippen LogP contribution in [0.4, 0.5) is 10.2 Å². The molecule has 0 unspecified atom stereocenters. The Balaban J connectivity index is 1.20. The van der Waals surface area contributed by atoms with E-state index >= 15 is 0 Å². The molecule has 0 saturated carbocycles. The minimum Gasteiger partial charge on any atom is -0.456 e. The van der Waals surface area contributed by atoms with Crippen LogP contribution in [0.5, 0.6) is 11.5 Å². The molecular formula is C27H24ClFN6O3. The molecule has 5 rings (SSSR count). The van der Waals surface area contributed by atoms with E-state index in [1.165, 1.54) is 18.2 Å². The van der Waals surface area contributed by atoms with Crippen molar-refractivity contribution in [1.82, 2.24) is 25.0 Å². The summed E-state index contributed by atoms with van der Waals surface area (Å²) in [5, 5.41) is 7.27. The predicted molar refractivity (Wildman–Crippen MR) is 141 cm³/mol. The van der Waals surface area contributed by atoms with Crippen LogP contribution in [0.2, 0.25) is 5.02 Å². The highest BCUT2D eigenvalue weighted by molar-refractivity contribution is 6.32. The van der Waals surface area contributed by atoms with Crippen molar-refractivity contribution in [2.24, 2.45) is 7.05 Å². The van der Waals surface area contributed by atoms with Crippen LogP contribution in [0.25, 0.3) is 11.1 Å². The zero-order valence-corrected chi connectivity index (χ0v) is 21.2. The number of anilines is 1. The fourth-order valence-electron chi connectivity index (χ4n) is 4.24. The molecule has 194 valence electrons. The number of rotatable bonds is 6. The van der Waals surface area contributed by atoms with Gasteiger partial charge < -0.3 is 20.7 Å². The molecular weight excluding hydrogens is 511 g/mol. The molecule has 1 aliphatic heterocycles. The molecule has 0 aliphatic carbocycles. The minimum absolute atomic E-state index is 0.130. The van der Waals surface area contributed by atoms with Gasteiger partial charge in [-0.05, 0) is 55.0 Å². The summed E-state index contributed by atoms with van der Waals surface area (Å²) in [6, 6.07) is 11.9. The number of benzene rings is 2. The standard InChI is InChI=1S/C27H24ClFN6O3/c1-34-14-18(13-32-34)17-10-22(25(30)31-12-17)26(36)33-20-8-9-35(15-20)27(37)16-2-5-21(6-3-16)38-24-7-4-19(29)11-23(24)28/h2-7,10-14,20H,8-9,15H2,1H3,(H2,30,31)(H,33,36)/t20-/m1/s1. The maximum Gasteiger partial charge on any atom is 0.255 e. The van der Waals surface area contributed by atoms with Crippen LogP contribution in [-0.2, 0) is 7.05 Å². The molecule has 3 N–H and O–H groups in total. The van der Waals surface area contributed by atoms with Crippen molar-refractivity contribution in [3.63, 3.8) is 0 Å². The van der Waals surface area contributed by atoms with Gasteiger partial charge in [-0.1, -0.05) is 11.6 Å². The van der Waals surface area contributed by atoms with Gasteiger partial charge in [-0.25, -0.2) is 9.37 Å².